The van der Waals surface area contributed by atoms with E-state index in [1.165, 1.54) is 24.1 Å². The minimum atomic E-state index is -4.10. The number of methoxy groups -OCH3 is 1. The quantitative estimate of drug-likeness (QED) is 0.299. The Balaban J connectivity index is 2.01. The van der Waals surface area contributed by atoms with Crippen molar-refractivity contribution in [1.29, 1.82) is 0 Å². The highest BCUT2D eigenvalue weighted by molar-refractivity contribution is 7.92. The minimum Gasteiger partial charge on any atom is -0.495 e. The molecule has 1 aliphatic carbocycles. The minimum absolute atomic E-state index is 0.0346. The van der Waals surface area contributed by atoms with E-state index < -0.39 is 33.4 Å². The molecule has 1 saturated carbocycles. The topological polar surface area (TPSA) is 139 Å². The van der Waals surface area contributed by atoms with E-state index in [1.807, 2.05) is 31.2 Å². The van der Waals surface area contributed by atoms with Crippen LogP contribution in [0.15, 0.2) is 42.5 Å². The summed E-state index contributed by atoms with van der Waals surface area (Å²) in [6.45, 7) is 3.13. The van der Waals surface area contributed by atoms with Gasteiger partial charge in [0.25, 0.3) is 5.69 Å². The fourth-order valence-corrected chi connectivity index (χ4v) is 5.86. The van der Waals surface area contributed by atoms with Crippen LogP contribution in [-0.4, -0.2) is 62.0 Å². The number of aryl methyl sites for hydroxylation is 1. The van der Waals surface area contributed by atoms with E-state index in [-0.39, 0.29) is 35.6 Å². The standard InChI is InChI=1S/C28H38N4O7S/c1-5-24(28(34)29-22-13-7-6-8-14-22)30(18-21-12-10-9-11-20(21)2)27(33)19-31(40(4,37)38)25-17-23(32(35)36)15-16-26(25)39-3/h9-12,15-17,22,24H,5-8,13-14,18-19H2,1-4H3,(H,29,34). The Morgan fingerprint density at radius 1 is 1.15 bits per heavy atom. The highest BCUT2D eigenvalue weighted by Crippen LogP contribution is 2.34. The number of ether oxygens (including phenoxy) is 1. The molecule has 0 heterocycles. The van der Waals surface area contributed by atoms with E-state index >= 15 is 0 Å². The third-order valence-corrected chi connectivity index (χ3v) is 8.39. The van der Waals surface area contributed by atoms with Gasteiger partial charge >= 0.3 is 0 Å². The number of non-ortho nitro benzene ring substituents is 1. The number of nitro groups is 1. The van der Waals surface area contributed by atoms with Crippen molar-refractivity contribution in [3.05, 3.63) is 63.7 Å². The molecular formula is C28H38N4O7S. The first-order valence-electron chi connectivity index (χ1n) is 13.4. The largest absolute Gasteiger partial charge is 0.495 e. The van der Waals surface area contributed by atoms with Crippen molar-refractivity contribution < 1.29 is 27.7 Å². The smallest absolute Gasteiger partial charge is 0.271 e. The van der Waals surface area contributed by atoms with E-state index in [1.54, 1.807) is 6.92 Å². The van der Waals surface area contributed by atoms with Crippen LogP contribution in [0.3, 0.4) is 0 Å². The number of nitrogens with zero attached hydrogens (tertiary/aromatic N) is 3. The summed E-state index contributed by atoms with van der Waals surface area (Å²) in [7, 11) is -2.79. The number of benzene rings is 2. The second-order valence-corrected chi connectivity index (χ2v) is 12.0. The van der Waals surface area contributed by atoms with Crippen molar-refractivity contribution in [2.45, 2.75) is 71.0 Å². The summed E-state index contributed by atoms with van der Waals surface area (Å²) in [6.07, 6.45) is 6.17. The zero-order valence-corrected chi connectivity index (χ0v) is 24.3. The third kappa shape index (κ3) is 7.71. The molecule has 40 heavy (non-hydrogen) atoms. The van der Waals surface area contributed by atoms with Crippen molar-refractivity contribution in [2.75, 3.05) is 24.2 Å². The molecule has 3 rings (SSSR count). The van der Waals surface area contributed by atoms with Crippen LogP contribution in [0.25, 0.3) is 0 Å². The molecule has 1 aliphatic rings. The Kier molecular flexibility index (Phi) is 10.5. The van der Waals surface area contributed by atoms with Crippen LogP contribution in [0, 0.1) is 17.0 Å². The average Bonchev–Trinajstić information content (AvgIpc) is 2.92. The summed E-state index contributed by atoms with van der Waals surface area (Å²) in [4.78, 5) is 39.7. The molecule has 0 saturated heterocycles. The van der Waals surface area contributed by atoms with Gasteiger partial charge in [0.15, 0.2) is 0 Å². The van der Waals surface area contributed by atoms with Gasteiger partial charge in [-0.3, -0.25) is 24.0 Å². The van der Waals surface area contributed by atoms with Crippen LogP contribution >= 0.6 is 0 Å². The van der Waals surface area contributed by atoms with Gasteiger partial charge in [-0.1, -0.05) is 50.5 Å². The molecule has 1 fully saturated rings. The Morgan fingerprint density at radius 2 is 1.82 bits per heavy atom. The first-order valence-corrected chi connectivity index (χ1v) is 15.3. The number of nitrogens with one attached hydrogen (secondary N) is 1. The lowest BCUT2D eigenvalue weighted by Crippen LogP contribution is -2.54. The van der Waals surface area contributed by atoms with Crippen LogP contribution < -0.4 is 14.4 Å². The zero-order chi connectivity index (χ0) is 29.4. The Morgan fingerprint density at radius 3 is 2.40 bits per heavy atom. The van der Waals surface area contributed by atoms with E-state index in [2.05, 4.69) is 5.32 Å². The summed E-state index contributed by atoms with van der Waals surface area (Å²) < 4.78 is 31.9. The van der Waals surface area contributed by atoms with Gasteiger partial charge in [-0.25, -0.2) is 8.42 Å². The van der Waals surface area contributed by atoms with Crippen LogP contribution in [0.4, 0.5) is 11.4 Å². The number of nitro benzene ring substituents is 1. The van der Waals surface area contributed by atoms with Crippen molar-refractivity contribution in [2.24, 2.45) is 0 Å². The molecule has 0 aliphatic heterocycles. The molecule has 1 unspecified atom stereocenters. The highest BCUT2D eigenvalue weighted by Gasteiger charge is 2.34. The Hall–Kier alpha value is -3.67. The predicted octanol–water partition coefficient (Wildman–Crippen LogP) is 3.93. The SMILES string of the molecule is CCC(C(=O)NC1CCCCC1)N(Cc1ccccc1C)C(=O)CN(c1cc([N+](=O)[O-])ccc1OC)S(C)(=O)=O. The summed E-state index contributed by atoms with van der Waals surface area (Å²) in [5, 5.41) is 14.5. The molecule has 0 bridgehead atoms. The van der Waals surface area contributed by atoms with Crippen LogP contribution in [0.5, 0.6) is 5.75 Å². The maximum Gasteiger partial charge on any atom is 0.271 e. The molecule has 12 heteroatoms. The van der Waals surface area contributed by atoms with Crippen molar-refractivity contribution in [3.8, 4) is 5.75 Å². The lowest BCUT2D eigenvalue weighted by atomic mass is 9.95. The molecule has 11 nitrogen and oxygen atoms in total. The first-order chi connectivity index (χ1) is 19.0. The van der Waals surface area contributed by atoms with Gasteiger partial charge in [0, 0.05) is 24.7 Å². The molecule has 2 aromatic carbocycles. The van der Waals surface area contributed by atoms with Gasteiger partial charge < -0.3 is 15.0 Å². The molecule has 218 valence electrons. The molecule has 0 radical (unpaired) electrons. The molecular weight excluding hydrogens is 536 g/mol. The predicted molar refractivity (Wildman–Crippen MR) is 153 cm³/mol. The number of rotatable bonds is 12. The van der Waals surface area contributed by atoms with Gasteiger partial charge in [-0.2, -0.15) is 0 Å². The summed E-state index contributed by atoms with van der Waals surface area (Å²) in [5.74, 6) is -0.848. The second-order valence-electron chi connectivity index (χ2n) is 10.1. The van der Waals surface area contributed by atoms with E-state index in [0.717, 1.165) is 59.9 Å². The average molecular weight is 575 g/mol. The molecule has 2 amide bonds. The lowest BCUT2D eigenvalue weighted by molar-refractivity contribution is -0.384. The number of carbonyl (C=O) groups is 2. The van der Waals surface area contributed by atoms with Crippen molar-refractivity contribution in [1.82, 2.24) is 10.2 Å². The summed E-state index contributed by atoms with van der Waals surface area (Å²) in [6, 6.07) is 10.2. The first kappa shape index (κ1) is 30.9. The molecule has 0 aromatic heterocycles. The molecule has 1 atom stereocenters. The molecule has 1 N–H and O–H groups in total. The fourth-order valence-electron chi connectivity index (χ4n) is 5.02. The van der Waals surface area contributed by atoms with Crippen molar-refractivity contribution >= 4 is 33.2 Å². The lowest BCUT2D eigenvalue weighted by Gasteiger charge is -2.34. The Bertz CT molecular complexity index is 1330. The van der Waals surface area contributed by atoms with Crippen LogP contribution in [-0.2, 0) is 26.2 Å². The maximum absolute atomic E-state index is 14.0. The summed E-state index contributed by atoms with van der Waals surface area (Å²) >= 11 is 0. The number of carbonyl (C=O) groups excluding carboxylic acids is 2. The van der Waals surface area contributed by atoms with E-state index in [9.17, 15) is 28.1 Å². The van der Waals surface area contributed by atoms with Crippen molar-refractivity contribution in [3.63, 3.8) is 0 Å². The van der Waals surface area contributed by atoms with Gasteiger partial charge in [0.05, 0.1) is 18.3 Å². The van der Waals surface area contributed by atoms with Gasteiger partial charge in [-0.15, -0.1) is 0 Å². The van der Waals surface area contributed by atoms with E-state index in [4.69, 9.17) is 4.74 Å². The van der Waals surface area contributed by atoms with Gasteiger partial charge in [-0.05, 0) is 43.4 Å². The molecule has 2 aromatic rings. The number of sulfonamides is 1. The van der Waals surface area contributed by atoms with Gasteiger partial charge in [0.1, 0.15) is 24.0 Å². The number of hydrogen-bond donors (Lipinski definition) is 1. The second kappa shape index (κ2) is 13.6. The normalized spacial score (nSPS) is 14.7. The highest BCUT2D eigenvalue weighted by atomic mass is 32.2. The zero-order valence-electron chi connectivity index (χ0n) is 23.5. The number of hydrogen-bond acceptors (Lipinski definition) is 7. The number of anilines is 1. The number of amides is 2. The maximum atomic E-state index is 14.0. The fraction of sp³-hybridized carbons (Fsp3) is 0.500. The Labute approximate surface area is 235 Å². The van der Waals surface area contributed by atoms with Crippen LogP contribution in [0.1, 0.15) is 56.6 Å². The molecule has 0 spiro atoms. The van der Waals surface area contributed by atoms with Crippen LogP contribution in [0.2, 0.25) is 0 Å². The summed E-state index contributed by atoms with van der Waals surface area (Å²) in [5.41, 5.74) is 1.25. The third-order valence-electron chi connectivity index (χ3n) is 7.26. The van der Waals surface area contributed by atoms with E-state index in [0.29, 0.717) is 6.42 Å². The monoisotopic (exact) mass is 574 g/mol. The van der Waals surface area contributed by atoms with Gasteiger partial charge in [0.2, 0.25) is 21.8 Å².